The van der Waals surface area contributed by atoms with Crippen molar-refractivity contribution in [3.8, 4) is 0 Å². The number of carbonyl (C=O) groups excluding carboxylic acids is 1. The molecule has 1 N–H and O–H groups in total. The Kier molecular flexibility index (Phi) is 6.43. The van der Waals surface area contributed by atoms with E-state index in [2.05, 4.69) is 21.2 Å². The summed E-state index contributed by atoms with van der Waals surface area (Å²) in [6, 6.07) is 3.10. The molecule has 0 aliphatic carbocycles. The highest BCUT2D eigenvalue weighted by Gasteiger charge is 2.20. The van der Waals surface area contributed by atoms with Crippen molar-refractivity contribution in [3.63, 3.8) is 0 Å². The summed E-state index contributed by atoms with van der Waals surface area (Å²) in [6.07, 6.45) is 0. The highest BCUT2D eigenvalue weighted by atomic mass is 79.9. The first-order valence-electron chi connectivity index (χ1n) is 6.10. The van der Waals surface area contributed by atoms with Gasteiger partial charge in [0.2, 0.25) is 5.91 Å². The summed E-state index contributed by atoms with van der Waals surface area (Å²) in [7, 11) is 0. The number of rotatable bonds is 5. The average molecular weight is 368 g/mol. The van der Waals surface area contributed by atoms with Gasteiger partial charge in [-0.15, -0.1) is 0 Å². The molecule has 3 nitrogen and oxygen atoms in total. The molecule has 0 bridgehead atoms. The first-order chi connectivity index (χ1) is 8.90. The molecule has 1 rings (SSSR count). The predicted molar refractivity (Wildman–Crippen MR) is 85.2 cm³/mol. The van der Waals surface area contributed by atoms with Gasteiger partial charge >= 0.3 is 0 Å². The maximum absolute atomic E-state index is 12.2. The van der Waals surface area contributed by atoms with E-state index < -0.39 is 0 Å². The molecule has 0 heterocycles. The Balaban J connectivity index is 2.88. The lowest BCUT2D eigenvalue weighted by Crippen LogP contribution is -2.41. The number of carbonyl (C=O) groups is 1. The number of amides is 1. The van der Waals surface area contributed by atoms with Gasteiger partial charge in [0.1, 0.15) is 6.04 Å². The van der Waals surface area contributed by atoms with E-state index in [1.165, 1.54) is 0 Å². The number of halogens is 3. The summed E-state index contributed by atoms with van der Waals surface area (Å²) < 4.78 is 0.802. The van der Waals surface area contributed by atoms with Crippen molar-refractivity contribution in [2.45, 2.75) is 26.8 Å². The molecule has 1 aromatic carbocycles. The monoisotopic (exact) mass is 366 g/mol. The van der Waals surface area contributed by atoms with Gasteiger partial charge in [-0.3, -0.25) is 4.79 Å². The van der Waals surface area contributed by atoms with Crippen molar-refractivity contribution < 1.29 is 4.79 Å². The molecular formula is C13H17BrCl2N2O. The zero-order valence-electron chi connectivity index (χ0n) is 11.1. The number of nitrogens with one attached hydrogen (secondary N) is 1. The van der Waals surface area contributed by atoms with Gasteiger partial charge in [0, 0.05) is 17.6 Å². The van der Waals surface area contributed by atoms with Gasteiger partial charge < -0.3 is 10.2 Å². The number of benzene rings is 1. The Labute approximate surface area is 132 Å². The fourth-order valence-electron chi connectivity index (χ4n) is 1.77. The van der Waals surface area contributed by atoms with E-state index in [1.54, 1.807) is 24.0 Å². The van der Waals surface area contributed by atoms with Crippen molar-refractivity contribution in [1.29, 1.82) is 0 Å². The van der Waals surface area contributed by atoms with Crippen LogP contribution in [0.4, 0.5) is 5.69 Å². The molecule has 19 heavy (non-hydrogen) atoms. The van der Waals surface area contributed by atoms with E-state index in [0.717, 1.165) is 4.47 Å². The zero-order chi connectivity index (χ0) is 14.6. The Morgan fingerprint density at radius 2 is 1.79 bits per heavy atom. The third-order valence-corrected chi connectivity index (χ3v) is 3.87. The van der Waals surface area contributed by atoms with Crippen molar-refractivity contribution in [3.05, 3.63) is 26.7 Å². The van der Waals surface area contributed by atoms with Crippen molar-refractivity contribution >= 4 is 50.7 Å². The molecule has 0 radical (unpaired) electrons. The van der Waals surface area contributed by atoms with E-state index in [-0.39, 0.29) is 11.9 Å². The summed E-state index contributed by atoms with van der Waals surface area (Å²) >= 11 is 15.6. The molecular weight excluding hydrogens is 351 g/mol. The molecule has 6 heteroatoms. The molecule has 1 atom stereocenters. The Morgan fingerprint density at radius 1 is 1.32 bits per heavy atom. The first-order valence-corrected chi connectivity index (χ1v) is 7.65. The van der Waals surface area contributed by atoms with E-state index in [0.29, 0.717) is 28.8 Å². The Bertz CT molecular complexity index is 441. The maximum atomic E-state index is 12.2. The molecule has 0 saturated heterocycles. The molecule has 0 aliphatic heterocycles. The van der Waals surface area contributed by atoms with E-state index in [9.17, 15) is 4.79 Å². The minimum absolute atomic E-state index is 0.0278. The van der Waals surface area contributed by atoms with Gasteiger partial charge in [0.05, 0.1) is 15.7 Å². The summed E-state index contributed by atoms with van der Waals surface area (Å²) in [4.78, 5) is 13.9. The molecule has 0 spiro atoms. The molecule has 0 aliphatic rings. The van der Waals surface area contributed by atoms with Gasteiger partial charge in [0.25, 0.3) is 0 Å². The van der Waals surface area contributed by atoms with Crippen LogP contribution in [0.2, 0.25) is 10.0 Å². The fraction of sp³-hybridized carbons (Fsp3) is 0.462. The summed E-state index contributed by atoms with van der Waals surface area (Å²) in [5, 5.41) is 4.05. The van der Waals surface area contributed by atoms with Gasteiger partial charge in [-0.2, -0.15) is 0 Å². The molecule has 0 fully saturated rings. The minimum atomic E-state index is -0.379. The van der Waals surface area contributed by atoms with Crippen LogP contribution < -0.4 is 5.32 Å². The zero-order valence-corrected chi connectivity index (χ0v) is 14.2. The molecule has 1 amide bonds. The Morgan fingerprint density at radius 3 is 2.21 bits per heavy atom. The fourth-order valence-corrected chi connectivity index (χ4v) is 3.09. The molecule has 1 aromatic rings. The van der Waals surface area contributed by atoms with Crippen LogP contribution in [0.25, 0.3) is 0 Å². The maximum Gasteiger partial charge on any atom is 0.244 e. The second-order valence-corrected chi connectivity index (χ2v) is 5.85. The molecule has 106 valence electrons. The van der Waals surface area contributed by atoms with E-state index in [1.807, 2.05) is 13.8 Å². The lowest BCUT2D eigenvalue weighted by Gasteiger charge is -2.24. The average Bonchev–Trinajstić information content (AvgIpc) is 2.34. The van der Waals surface area contributed by atoms with Crippen molar-refractivity contribution in [1.82, 2.24) is 4.90 Å². The van der Waals surface area contributed by atoms with Gasteiger partial charge in [0.15, 0.2) is 0 Å². The van der Waals surface area contributed by atoms with Crippen LogP contribution in [0.3, 0.4) is 0 Å². The quantitative estimate of drug-likeness (QED) is 0.835. The predicted octanol–water partition coefficient (Wildman–Crippen LogP) is 4.42. The minimum Gasteiger partial charge on any atom is -0.371 e. The second-order valence-electron chi connectivity index (χ2n) is 4.12. The van der Waals surface area contributed by atoms with E-state index >= 15 is 0 Å². The lowest BCUT2D eigenvalue weighted by molar-refractivity contribution is -0.131. The largest absolute Gasteiger partial charge is 0.371 e. The number of hydrogen-bond acceptors (Lipinski definition) is 2. The number of hydrogen-bond donors (Lipinski definition) is 1. The van der Waals surface area contributed by atoms with Crippen LogP contribution in [-0.2, 0) is 4.79 Å². The van der Waals surface area contributed by atoms with Crippen molar-refractivity contribution in [2.75, 3.05) is 18.4 Å². The third-order valence-electron chi connectivity index (χ3n) is 2.81. The van der Waals surface area contributed by atoms with Gasteiger partial charge in [-0.05, 0) is 32.9 Å². The number of anilines is 1. The van der Waals surface area contributed by atoms with Crippen molar-refractivity contribution in [2.24, 2.45) is 0 Å². The lowest BCUT2D eigenvalue weighted by atomic mass is 10.2. The molecule has 1 unspecified atom stereocenters. The summed E-state index contributed by atoms with van der Waals surface area (Å²) in [5.74, 6) is 0.0278. The van der Waals surface area contributed by atoms with Crippen LogP contribution in [0, 0.1) is 0 Å². The highest BCUT2D eigenvalue weighted by Crippen LogP contribution is 2.34. The van der Waals surface area contributed by atoms with Crippen LogP contribution in [0.1, 0.15) is 20.8 Å². The smallest absolute Gasteiger partial charge is 0.244 e. The van der Waals surface area contributed by atoms with Crippen LogP contribution >= 0.6 is 39.1 Å². The highest BCUT2D eigenvalue weighted by molar-refractivity contribution is 9.10. The topological polar surface area (TPSA) is 32.3 Å². The summed E-state index contributed by atoms with van der Waals surface area (Å²) in [6.45, 7) is 7.07. The number of nitrogens with zero attached hydrogens (tertiary/aromatic N) is 1. The van der Waals surface area contributed by atoms with Crippen LogP contribution in [-0.4, -0.2) is 29.9 Å². The number of likely N-dealkylation sites (N-methyl/N-ethyl adjacent to an activating group) is 1. The van der Waals surface area contributed by atoms with E-state index in [4.69, 9.17) is 23.2 Å². The van der Waals surface area contributed by atoms with Crippen LogP contribution in [0.15, 0.2) is 16.6 Å². The standard InChI is InChI=1S/C13H17BrCl2N2O/c1-4-18(5-2)13(19)8(3)17-12-10(15)6-9(14)7-11(12)16/h6-8,17H,4-5H2,1-3H3. The third kappa shape index (κ3) is 4.26. The molecule has 0 saturated carbocycles. The van der Waals surface area contributed by atoms with Gasteiger partial charge in [-0.25, -0.2) is 0 Å². The van der Waals surface area contributed by atoms with Crippen LogP contribution in [0.5, 0.6) is 0 Å². The first kappa shape index (κ1) is 16.6. The van der Waals surface area contributed by atoms with Gasteiger partial charge in [-0.1, -0.05) is 39.1 Å². The Hall–Kier alpha value is -0.450. The SMILES string of the molecule is CCN(CC)C(=O)C(C)Nc1c(Cl)cc(Br)cc1Cl. The second kappa shape index (κ2) is 7.36. The normalized spacial score (nSPS) is 12.1. The molecule has 0 aromatic heterocycles. The summed E-state index contributed by atoms with van der Waals surface area (Å²) in [5.41, 5.74) is 0.583.